The summed E-state index contributed by atoms with van der Waals surface area (Å²) in [6.45, 7) is 13.9. The Bertz CT molecular complexity index is 1560. The van der Waals surface area contributed by atoms with Crippen LogP contribution in [0.1, 0.15) is 65.5 Å². The van der Waals surface area contributed by atoms with E-state index < -0.39 is 70.7 Å². The predicted molar refractivity (Wildman–Crippen MR) is 168 cm³/mol. The van der Waals surface area contributed by atoms with E-state index in [0.717, 1.165) is 31.3 Å². The molecule has 1 saturated heterocycles. The third kappa shape index (κ3) is 8.07. The van der Waals surface area contributed by atoms with Gasteiger partial charge < -0.3 is 24.4 Å². The molecule has 0 unspecified atom stereocenters. The summed E-state index contributed by atoms with van der Waals surface area (Å²) in [6.07, 6.45) is 2.90. The number of esters is 1. The maximum absolute atomic E-state index is 14.9. The molecule has 10 nitrogen and oxygen atoms in total. The number of nitrogens with zero attached hydrogens (tertiary/aromatic N) is 3. The van der Waals surface area contributed by atoms with Gasteiger partial charge in [0, 0.05) is 18.6 Å². The van der Waals surface area contributed by atoms with Crippen molar-refractivity contribution in [2.24, 2.45) is 17.3 Å². The molecule has 0 spiro atoms. The molecule has 0 bridgehead atoms. The monoisotopic (exact) mass is 678 g/mol. The lowest BCUT2D eigenvalue weighted by Crippen LogP contribution is -2.57. The van der Waals surface area contributed by atoms with Crippen molar-refractivity contribution in [3.63, 3.8) is 0 Å². The molecule has 4 rings (SSSR count). The van der Waals surface area contributed by atoms with Gasteiger partial charge in [-0.05, 0) is 49.0 Å². The molecular formula is C34H42F4N4O6. The maximum Gasteiger partial charge on any atom is 0.408 e. The number of methoxy groups -OCH3 is 1. The van der Waals surface area contributed by atoms with Gasteiger partial charge in [-0.1, -0.05) is 40.3 Å². The average molecular weight is 679 g/mol. The fraction of sp³-hybridized carbons (Fsp3) is 0.559. The summed E-state index contributed by atoms with van der Waals surface area (Å²) in [5.41, 5.74) is -2.48. The summed E-state index contributed by atoms with van der Waals surface area (Å²) in [6, 6.07) is -1.06. The molecule has 48 heavy (non-hydrogen) atoms. The number of carbonyl (C=O) groups excluding carboxylic acids is 3. The highest BCUT2D eigenvalue weighted by Gasteiger charge is 2.47. The van der Waals surface area contributed by atoms with Gasteiger partial charge in [0.05, 0.1) is 24.7 Å². The minimum Gasteiger partial charge on any atom is -0.471 e. The van der Waals surface area contributed by atoms with Crippen molar-refractivity contribution in [3.05, 3.63) is 54.8 Å². The summed E-state index contributed by atoms with van der Waals surface area (Å²) in [5, 5.41) is 2.70. The van der Waals surface area contributed by atoms with Crippen LogP contribution in [0.3, 0.4) is 0 Å². The van der Waals surface area contributed by atoms with Gasteiger partial charge in [0.15, 0.2) is 17.3 Å². The van der Waals surface area contributed by atoms with E-state index in [1.807, 2.05) is 6.08 Å². The van der Waals surface area contributed by atoms with Crippen LogP contribution in [0, 0.1) is 28.9 Å². The fourth-order valence-electron chi connectivity index (χ4n) is 6.31. The van der Waals surface area contributed by atoms with Gasteiger partial charge in [0.25, 0.3) is 0 Å². The molecule has 1 aromatic carbocycles. The number of ether oxygens (including phenoxy) is 3. The van der Waals surface area contributed by atoms with E-state index in [-0.39, 0.29) is 36.0 Å². The number of fused-ring (bicyclic) bond motifs is 1. The number of likely N-dealkylation sites (tertiary alicyclic amines) is 1. The number of nitrogens with one attached hydrogen (secondary N) is 1. The Morgan fingerprint density at radius 3 is 2.31 bits per heavy atom. The van der Waals surface area contributed by atoms with Gasteiger partial charge in [-0.15, -0.1) is 6.58 Å². The van der Waals surface area contributed by atoms with Crippen LogP contribution in [-0.4, -0.2) is 70.8 Å². The van der Waals surface area contributed by atoms with Crippen LogP contribution < -0.4 is 10.1 Å². The van der Waals surface area contributed by atoms with Crippen LogP contribution >= 0.6 is 0 Å². The zero-order valence-corrected chi connectivity index (χ0v) is 27.7. The largest absolute Gasteiger partial charge is 0.471 e. The van der Waals surface area contributed by atoms with Crippen molar-refractivity contribution in [2.45, 2.75) is 90.0 Å². The van der Waals surface area contributed by atoms with Crippen molar-refractivity contribution in [1.29, 1.82) is 0 Å². The lowest BCUT2D eigenvalue weighted by atomic mass is 9.85. The normalized spacial score (nSPS) is 23.4. The van der Waals surface area contributed by atoms with Crippen molar-refractivity contribution in [3.8, 4) is 5.88 Å². The van der Waals surface area contributed by atoms with E-state index in [9.17, 15) is 31.9 Å². The number of carbonyl (C=O) groups is 3. The first-order valence-electron chi connectivity index (χ1n) is 15.8. The number of hydrogen-bond donors (Lipinski definition) is 1. The molecule has 1 N–H and O–H groups in total. The Morgan fingerprint density at radius 2 is 1.73 bits per heavy atom. The molecule has 2 fully saturated rings. The molecule has 6 atom stereocenters. The van der Waals surface area contributed by atoms with E-state index in [1.165, 1.54) is 0 Å². The van der Waals surface area contributed by atoms with Crippen molar-refractivity contribution in [2.75, 3.05) is 13.7 Å². The second-order valence-electron chi connectivity index (χ2n) is 13.6. The van der Waals surface area contributed by atoms with Crippen molar-refractivity contribution < 1.29 is 46.2 Å². The van der Waals surface area contributed by atoms with E-state index in [1.54, 1.807) is 20.8 Å². The second-order valence-corrected chi connectivity index (χ2v) is 13.6. The number of hydrogen-bond acceptors (Lipinski definition) is 8. The fourth-order valence-corrected chi connectivity index (χ4v) is 6.31. The Labute approximate surface area is 276 Å². The lowest BCUT2D eigenvalue weighted by molar-refractivity contribution is -0.152. The molecular weight excluding hydrogens is 636 g/mol. The average Bonchev–Trinajstić information content (AvgIpc) is 3.60. The van der Waals surface area contributed by atoms with Gasteiger partial charge in [0.1, 0.15) is 24.3 Å². The molecule has 1 aliphatic carbocycles. The van der Waals surface area contributed by atoms with Crippen LogP contribution in [0.15, 0.2) is 37.4 Å². The first-order chi connectivity index (χ1) is 22.5. The Balaban J connectivity index is 1.60. The molecule has 1 aliphatic heterocycles. The third-order valence-corrected chi connectivity index (χ3v) is 8.78. The molecule has 2 heterocycles. The highest BCUT2D eigenvalue weighted by atomic mass is 19.3. The molecule has 2 aromatic rings. The number of alkyl carbamates (subject to hydrolysis) is 1. The predicted octanol–water partition coefficient (Wildman–Crippen LogP) is 6.23. The minimum absolute atomic E-state index is 0.153. The molecule has 14 heteroatoms. The van der Waals surface area contributed by atoms with E-state index in [4.69, 9.17) is 14.2 Å². The van der Waals surface area contributed by atoms with Gasteiger partial charge in [-0.25, -0.2) is 28.3 Å². The Kier molecular flexibility index (Phi) is 11.0. The number of benzene rings is 1. The molecule has 1 aromatic heterocycles. The van der Waals surface area contributed by atoms with Gasteiger partial charge in [0.2, 0.25) is 11.8 Å². The molecule has 1 saturated carbocycles. The van der Waals surface area contributed by atoms with Crippen molar-refractivity contribution in [1.82, 2.24) is 20.2 Å². The number of allylic oxidation sites excluding steroid dienone is 2. The summed E-state index contributed by atoms with van der Waals surface area (Å²) in [5.74, 6) is -8.02. The van der Waals surface area contributed by atoms with Gasteiger partial charge in [-0.3, -0.25) is 4.79 Å². The Morgan fingerprint density at radius 1 is 1.08 bits per heavy atom. The summed E-state index contributed by atoms with van der Waals surface area (Å²) < 4.78 is 74.3. The first kappa shape index (κ1) is 36.6. The highest BCUT2D eigenvalue weighted by molar-refractivity contribution is 5.91. The highest BCUT2D eigenvalue weighted by Crippen LogP contribution is 2.38. The molecule has 2 aliphatic rings. The smallest absolute Gasteiger partial charge is 0.408 e. The summed E-state index contributed by atoms with van der Waals surface area (Å²) >= 11 is 0. The number of alkyl halides is 2. The minimum atomic E-state index is -3.79. The lowest BCUT2D eigenvalue weighted by Gasteiger charge is -2.35. The maximum atomic E-state index is 14.9. The summed E-state index contributed by atoms with van der Waals surface area (Å²) in [4.78, 5) is 49.2. The Hall–Kier alpha value is -4.23. The molecule has 0 radical (unpaired) electrons. The van der Waals surface area contributed by atoms with Crippen LogP contribution in [0.2, 0.25) is 0 Å². The van der Waals surface area contributed by atoms with Crippen LogP contribution in [0.4, 0.5) is 22.4 Å². The topological polar surface area (TPSA) is 120 Å². The number of halogens is 4. The third-order valence-electron chi connectivity index (χ3n) is 8.78. The SMILES string of the molecule is C=CCC[C@@H]1C[C@@H](C)C[C@H]1OC(=O)N[C@H](C(=O)N1C[C@H](Oc2nc3cc(F)c(F)cc3nc2C(F)(F)C=C)C[C@H]1C(=O)OC)C(C)(C)C. The standard InChI is InChI=1S/C34H42F4N4O6/c1-8-10-11-19-12-18(3)13-26(19)48-32(45)41-28(33(4,5)6)30(43)42-17-20(14-25(42)31(44)46-7)47-29-27(34(37,38)9-2)39-23-15-21(35)22(36)16-24(23)40-29/h8-9,15-16,18-20,25-26,28H,1-2,10-14,17H2,3-7H3,(H,41,45)/t18-,19-,20-,25+,26-,28-/m1/s1. The zero-order chi connectivity index (χ0) is 35.6. The molecule has 262 valence electrons. The van der Waals surface area contributed by atoms with Gasteiger partial charge >= 0.3 is 18.0 Å². The van der Waals surface area contributed by atoms with Crippen LogP contribution in [-0.2, 0) is 25.0 Å². The van der Waals surface area contributed by atoms with E-state index >= 15 is 0 Å². The van der Waals surface area contributed by atoms with E-state index in [0.29, 0.717) is 30.5 Å². The van der Waals surface area contributed by atoms with Gasteiger partial charge in [-0.2, -0.15) is 8.78 Å². The summed E-state index contributed by atoms with van der Waals surface area (Å²) in [7, 11) is 1.13. The number of amides is 2. The quantitative estimate of drug-likeness (QED) is 0.169. The van der Waals surface area contributed by atoms with Crippen LogP contribution in [0.5, 0.6) is 5.88 Å². The van der Waals surface area contributed by atoms with Crippen molar-refractivity contribution >= 4 is 29.0 Å². The second kappa shape index (κ2) is 14.5. The zero-order valence-electron chi connectivity index (χ0n) is 27.7. The van der Waals surface area contributed by atoms with E-state index in [2.05, 4.69) is 35.4 Å². The molecule has 2 amide bonds. The first-order valence-corrected chi connectivity index (χ1v) is 15.8. The number of rotatable bonds is 11. The number of aromatic nitrogens is 2. The van der Waals surface area contributed by atoms with Crippen LogP contribution in [0.25, 0.3) is 11.0 Å².